The van der Waals surface area contributed by atoms with Crippen LogP contribution < -0.4 is 5.32 Å². The Labute approximate surface area is 108 Å². The Morgan fingerprint density at radius 2 is 1.94 bits per heavy atom. The Kier molecular flexibility index (Phi) is 3.21. The number of rotatable bonds is 3. The first kappa shape index (κ1) is 11.6. The number of fused-ring (bicyclic) bond motifs is 3. The maximum atomic E-state index is 8.65. The summed E-state index contributed by atoms with van der Waals surface area (Å²) >= 11 is 0. The van der Waals surface area contributed by atoms with Gasteiger partial charge in [-0.05, 0) is 49.5 Å². The van der Waals surface area contributed by atoms with Crippen molar-refractivity contribution in [2.24, 2.45) is 5.92 Å². The quantitative estimate of drug-likeness (QED) is 0.882. The van der Waals surface area contributed by atoms with Crippen molar-refractivity contribution in [1.82, 2.24) is 4.90 Å². The maximum Gasteiger partial charge on any atom is 0.0669 e. The number of benzene rings is 1. The molecule has 18 heavy (non-hydrogen) atoms. The molecule has 1 unspecified atom stereocenters. The fourth-order valence-electron chi connectivity index (χ4n) is 3.15. The van der Waals surface area contributed by atoms with E-state index in [1.165, 1.54) is 38.2 Å². The van der Waals surface area contributed by atoms with Gasteiger partial charge in [0, 0.05) is 18.3 Å². The lowest BCUT2D eigenvalue weighted by molar-refractivity contribution is 0.0975. The van der Waals surface area contributed by atoms with Crippen molar-refractivity contribution >= 4 is 5.69 Å². The van der Waals surface area contributed by atoms with E-state index in [1.807, 2.05) is 12.1 Å². The molecule has 0 aromatic heterocycles. The topological polar surface area (TPSA) is 39.1 Å². The lowest BCUT2D eigenvalue weighted by Crippen LogP contribution is -2.53. The third kappa shape index (κ3) is 2.34. The number of hydrogen-bond donors (Lipinski definition) is 1. The second kappa shape index (κ2) is 4.99. The molecule has 0 spiro atoms. The van der Waals surface area contributed by atoms with Crippen LogP contribution in [0.5, 0.6) is 0 Å². The largest absolute Gasteiger partial charge is 0.381 e. The maximum absolute atomic E-state index is 8.65. The standard InChI is InChI=1S/C15H19N3/c16-8-5-12-1-3-14(4-2-12)17-15-11-18-9-6-13(15)7-10-18/h1-4,13,15,17H,5-7,9-11H2. The molecule has 3 fully saturated rings. The lowest BCUT2D eigenvalue weighted by atomic mass is 9.84. The van der Waals surface area contributed by atoms with Crippen LogP contribution in [-0.2, 0) is 6.42 Å². The van der Waals surface area contributed by atoms with Gasteiger partial charge in [0.05, 0.1) is 12.5 Å². The molecular weight excluding hydrogens is 222 g/mol. The molecule has 1 aromatic rings. The highest BCUT2D eigenvalue weighted by Crippen LogP contribution is 2.29. The molecule has 94 valence electrons. The zero-order chi connectivity index (χ0) is 12.4. The van der Waals surface area contributed by atoms with Gasteiger partial charge in [0.25, 0.3) is 0 Å². The average molecular weight is 241 g/mol. The van der Waals surface area contributed by atoms with Crippen molar-refractivity contribution in [2.75, 3.05) is 25.0 Å². The van der Waals surface area contributed by atoms with Crippen LogP contribution in [0.1, 0.15) is 18.4 Å². The van der Waals surface area contributed by atoms with Crippen molar-refractivity contribution in [3.05, 3.63) is 29.8 Å². The summed E-state index contributed by atoms with van der Waals surface area (Å²) < 4.78 is 0. The number of nitrogens with one attached hydrogen (secondary N) is 1. The second-order valence-electron chi connectivity index (χ2n) is 5.42. The van der Waals surface area contributed by atoms with E-state index in [1.54, 1.807) is 0 Å². The van der Waals surface area contributed by atoms with E-state index < -0.39 is 0 Å². The lowest BCUT2D eigenvalue weighted by Gasteiger charge is -2.45. The monoisotopic (exact) mass is 241 g/mol. The predicted molar refractivity (Wildman–Crippen MR) is 72.3 cm³/mol. The van der Waals surface area contributed by atoms with Crippen LogP contribution in [0.25, 0.3) is 0 Å². The van der Waals surface area contributed by atoms with Gasteiger partial charge in [-0.25, -0.2) is 0 Å². The summed E-state index contributed by atoms with van der Waals surface area (Å²) in [6.07, 6.45) is 3.18. The van der Waals surface area contributed by atoms with Gasteiger partial charge >= 0.3 is 0 Å². The van der Waals surface area contributed by atoms with Crippen LogP contribution in [0, 0.1) is 17.2 Å². The summed E-state index contributed by atoms with van der Waals surface area (Å²) in [6, 6.07) is 11.1. The van der Waals surface area contributed by atoms with Crippen molar-refractivity contribution in [2.45, 2.75) is 25.3 Å². The molecule has 4 rings (SSSR count). The van der Waals surface area contributed by atoms with Gasteiger partial charge in [0.15, 0.2) is 0 Å². The molecule has 2 bridgehead atoms. The molecule has 3 heteroatoms. The van der Waals surface area contributed by atoms with Gasteiger partial charge in [0.2, 0.25) is 0 Å². The van der Waals surface area contributed by atoms with Crippen LogP contribution >= 0.6 is 0 Å². The highest BCUT2D eigenvalue weighted by Gasteiger charge is 2.33. The summed E-state index contributed by atoms with van der Waals surface area (Å²) in [4.78, 5) is 2.56. The van der Waals surface area contributed by atoms with E-state index in [2.05, 4.69) is 28.4 Å². The van der Waals surface area contributed by atoms with E-state index >= 15 is 0 Å². The summed E-state index contributed by atoms with van der Waals surface area (Å²) in [7, 11) is 0. The molecule has 1 N–H and O–H groups in total. The molecule has 0 aliphatic carbocycles. The van der Waals surface area contributed by atoms with E-state index in [-0.39, 0.29) is 0 Å². The van der Waals surface area contributed by atoms with Crippen molar-refractivity contribution in [1.29, 1.82) is 5.26 Å². The molecule has 0 saturated carbocycles. The zero-order valence-electron chi connectivity index (χ0n) is 10.6. The van der Waals surface area contributed by atoms with Gasteiger partial charge in [0.1, 0.15) is 0 Å². The van der Waals surface area contributed by atoms with Gasteiger partial charge in [-0.1, -0.05) is 12.1 Å². The summed E-state index contributed by atoms with van der Waals surface area (Å²) in [5.41, 5.74) is 2.28. The fourth-order valence-corrected chi connectivity index (χ4v) is 3.15. The minimum atomic E-state index is 0.500. The molecule has 0 radical (unpaired) electrons. The number of piperidine rings is 3. The van der Waals surface area contributed by atoms with E-state index in [0.29, 0.717) is 12.5 Å². The first-order chi connectivity index (χ1) is 8.85. The van der Waals surface area contributed by atoms with Crippen molar-refractivity contribution in [3.63, 3.8) is 0 Å². The Morgan fingerprint density at radius 3 is 2.50 bits per heavy atom. The van der Waals surface area contributed by atoms with Crippen LogP contribution in [0.2, 0.25) is 0 Å². The highest BCUT2D eigenvalue weighted by molar-refractivity contribution is 5.46. The van der Waals surface area contributed by atoms with Crippen LogP contribution in [0.4, 0.5) is 5.69 Å². The first-order valence-corrected chi connectivity index (χ1v) is 6.80. The summed E-state index contributed by atoms with van der Waals surface area (Å²) in [5.74, 6) is 0.841. The molecule has 3 saturated heterocycles. The minimum absolute atomic E-state index is 0.500. The summed E-state index contributed by atoms with van der Waals surface area (Å²) in [6.45, 7) is 3.75. The van der Waals surface area contributed by atoms with E-state index in [9.17, 15) is 0 Å². The Balaban J connectivity index is 1.64. The SMILES string of the molecule is N#CCc1ccc(NC2CN3CCC2CC3)cc1. The molecule has 3 aliphatic rings. The van der Waals surface area contributed by atoms with Gasteiger partial charge < -0.3 is 10.2 Å². The van der Waals surface area contributed by atoms with E-state index in [4.69, 9.17) is 5.26 Å². The number of nitrogens with zero attached hydrogens (tertiary/aromatic N) is 2. The predicted octanol–water partition coefficient (Wildman–Crippen LogP) is 2.26. The van der Waals surface area contributed by atoms with Gasteiger partial charge in [-0.2, -0.15) is 5.26 Å². The third-order valence-electron chi connectivity index (χ3n) is 4.25. The Morgan fingerprint density at radius 1 is 1.22 bits per heavy atom. The second-order valence-corrected chi connectivity index (χ2v) is 5.42. The summed E-state index contributed by atoms with van der Waals surface area (Å²) in [5, 5.41) is 12.3. The molecule has 1 aromatic carbocycles. The van der Waals surface area contributed by atoms with Crippen molar-refractivity contribution < 1.29 is 0 Å². The zero-order valence-corrected chi connectivity index (χ0v) is 10.6. The van der Waals surface area contributed by atoms with E-state index in [0.717, 1.165) is 11.5 Å². The first-order valence-electron chi connectivity index (χ1n) is 6.80. The molecule has 3 nitrogen and oxygen atoms in total. The molecular formula is C15H19N3. The average Bonchev–Trinajstić information content (AvgIpc) is 2.43. The highest BCUT2D eigenvalue weighted by atomic mass is 15.2. The van der Waals surface area contributed by atoms with Gasteiger partial charge in [-0.3, -0.25) is 0 Å². The van der Waals surface area contributed by atoms with Crippen LogP contribution in [-0.4, -0.2) is 30.6 Å². The Hall–Kier alpha value is -1.53. The van der Waals surface area contributed by atoms with Crippen LogP contribution in [0.3, 0.4) is 0 Å². The number of hydrogen-bond acceptors (Lipinski definition) is 3. The minimum Gasteiger partial charge on any atom is -0.381 e. The number of nitriles is 1. The van der Waals surface area contributed by atoms with Crippen molar-refractivity contribution in [3.8, 4) is 6.07 Å². The molecule has 3 aliphatic heterocycles. The fraction of sp³-hybridized carbons (Fsp3) is 0.533. The van der Waals surface area contributed by atoms with Gasteiger partial charge in [-0.15, -0.1) is 0 Å². The van der Waals surface area contributed by atoms with Crippen LogP contribution in [0.15, 0.2) is 24.3 Å². The Bertz CT molecular complexity index is 438. The molecule has 0 amide bonds. The molecule has 1 atom stereocenters. The number of anilines is 1. The normalized spacial score (nSPS) is 29.8. The third-order valence-corrected chi connectivity index (χ3v) is 4.25. The smallest absolute Gasteiger partial charge is 0.0669 e. The molecule has 3 heterocycles.